The Morgan fingerprint density at radius 2 is 2.04 bits per heavy atom. The first-order chi connectivity index (χ1) is 11.1. The molecule has 1 aromatic rings. The summed E-state index contributed by atoms with van der Waals surface area (Å²) >= 11 is 0. The van der Waals surface area contributed by atoms with Crippen LogP contribution in [-0.4, -0.2) is 80.5 Å². The van der Waals surface area contributed by atoms with Gasteiger partial charge in [0.25, 0.3) is 5.91 Å². The second-order valence-electron chi connectivity index (χ2n) is 5.94. The number of rotatable bonds is 7. The number of nitrogens with zero attached hydrogens (tertiary/aromatic N) is 4. The summed E-state index contributed by atoms with van der Waals surface area (Å²) in [4.78, 5) is 33.0. The van der Waals surface area contributed by atoms with Gasteiger partial charge in [0.15, 0.2) is 0 Å². The molecule has 0 unspecified atom stereocenters. The van der Waals surface area contributed by atoms with E-state index in [1.54, 1.807) is 17.2 Å². The Hall–Kier alpha value is -2.15. The molecule has 1 aliphatic rings. The van der Waals surface area contributed by atoms with E-state index in [9.17, 15) is 9.59 Å². The van der Waals surface area contributed by atoms with Gasteiger partial charge in [-0.15, -0.1) is 0 Å². The van der Waals surface area contributed by atoms with Crippen molar-refractivity contribution in [3.8, 4) is 0 Å². The summed E-state index contributed by atoms with van der Waals surface area (Å²) < 4.78 is 0. The molecule has 2 heterocycles. The number of pyridine rings is 1. The molecule has 0 bridgehead atoms. The quantitative estimate of drug-likeness (QED) is 0.568. The van der Waals surface area contributed by atoms with Crippen LogP contribution in [-0.2, 0) is 4.79 Å². The maximum absolute atomic E-state index is 12.0. The first-order valence-electron chi connectivity index (χ1n) is 7.93. The summed E-state index contributed by atoms with van der Waals surface area (Å²) in [5.74, 6) is -0.138. The monoisotopic (exact) mass is 319 g/mol. The van der Waals surface area contributed by atoms with E-state index in [2.05, 4.69) is 20.1 Å². The molecule has 7 heteroatoms. The van der Waals surface area contributed by atoms with Crippen LogP contribution in [0.4, 0.5) is 5.69 Å². The van der Waals surface area contributed by atoms with Crippen molar-refractivity contribution in [2.75, 3.05) is 58.3 Å². The van der Waals surface area contributed by atoms with E-state index in [4.69, 9.17) is 0 Å². The number of aromatic nitrogens is 1. The first-order valence-corrected chi connectivity index (χ1v) is 7.93. The normalized spacial score (nSPS) is 14.9. The molecular weight excluding hydrogens is 294 g/mol. The number of hydrogen-bond acceptors (Lipinski definition) is 5. The number of hydrogen-bond donors (Lipinski definition) is 1. The molecule has 2 amide bonds. The average molecular weight is 319 g/mol. The van der Waals surface area contributed by atoms with Crippen molar-refractivity contribution < 1.29 is 9.59 Å². The van der Waals surface area contributed by atoms with Crippen molar-refractivity contribution in [3.63, 3.8) is 0 Å². The van der Waals surface area contributed by atoms with E-state index in [1.165, 1.54) is 0 Å². The summed E-state index contributed by atoms with van der Waals surface area (Å²) in [6.45, 7) is 4.61. The molecule has 1 fully saturated rings. The fourth-order valence-electron chi connectivity index (χ4n) is 2.48. The van der Waals surface area contributed by atoms with Crippen LogP contribution in [0.2, 0.25) is 0 Å². The Balaban J connectivity index is 1.82. The largest absolute Gasteiger partial charge is 0.367 e. The van der Waals surface area contributed by atoms with Crippen molar-refractivity contribution in [1.29, 1.82) is 0 Å². The first kappa shape index (κ1) is 17.2. The predicted octanol–water partition coefficient (Wildman–Crippen LogP) is 0.0415. The van der Waals surface area contributed by atoms with Crippen LogP contribution in [0.3, 0.4) is 0 Å². The Kier molecular flexibility index (Phi) is 6.34. The highest BCUT2D eigenvalue weighted by molar-refractivity contribution is 5.92. The summed E-state index contributed by atoms with van der Waals surface area (Å²) in [5, 5.41) is 2.88. The summed E-state index contributed by atoms with van der Waals surface area (Å²) in [5.41, 5.74) is 1.42. The van der Waals surface area contributed by atoms with E-state index in [0.29, 0.717) is 12.2 Å². The number of nitrogens with one attached hydrogen (secondary N) is 1. The molecule has 126 valence electrons. The lowest BCUT2D eigenvalue weighted by atomic mass is 10.2. The zero-order valence-electron chi connectivity index (χ0n) is 13.9. The highest BCUT2D eigenvalue weighted by Gasteiger charge is 2.16. The van der Waals surface area contributed by atoms with Crippen LogP contribution < -0.4 is 10.2 Å². The van der Waals surface area contributed by atoms with E-state index in [1.807, 2.05) is 20.2 Å². The minimum Gasteiger partial charge on any atom is -0.367 e. The molecule has 1 N–H and O–H groups in total. The number of piperazine rings is 1. The Morgan fingerprint density at radius 3 is 2.61 bits per heavy atom. The number of carbonyl (C=O) groups excluding carboxylic acids is 2. The van der Waals surface area contributed by atoms with Gasteiger partial charge in [0, 0.05) is 32.7 Å². The van der Waals surface area contributed by atoms with E-state index < -0.39 is 0 Å². The van der Waals surface area contributed by atoms with Gasteiger partial charge < -0.3 is 20.0 Å². The van der Waals surface area contributed by atoms with Gasteiger partial charge >= 0.3 is 0 Å². The smallest absolute Gasteiger partial charge is 0.269 e. The molecular formula is C16H25N5O2. The van der Waals surface area contributed by atoms with Crippen LogP contribution in [0.25, 0.3) is 0 Å². The van der Waals surface area contributed by atoms with Gasteiger partial charge in [0.2, 0.25) is 6.41 Å². The van der Waals surface area contributed by atoms with Crippen LogP contribution in [0.5, 0.6) is 0 Å². The molecule has 0 aromatic carbocycles. The molecule has 0 spiro atoms. The molecule has 1 aromatic heterocycles. The molecule has 0 atom stereocenters. The van der Waals surface area contributed by atoms with Crippen LogP contribution in [0.15, 0.2) is 18.3 Å². The molecule has 23 heavy (non-hydrogen) atoms. The molecule has 0 aliphatic carbocycles. The fourth-order valence-corrected chi connectivity index (χ4v) is 2.48. The third-order valence-electron chi connectivity index (χ3n) is 3.88. The van der Waals surface area contributed by atoms with Gasteiger partial charge in [-0.3, -0.25) is 9.59 Å². The van der Waals surface area contributed by atoms with Crippen molar-refractivity contribution in [1.82, 2.24) is 20.1 Å². The van der Waals surface area contributed by atoms with Gasteiger partial charge in [-0.05, 0) is 39.2 Å². The topological polar surface area (TPSA) is 68.8 Å². The Labute approximate surface area is 137 Å². The maximum atomic E-state index is 12.0. The van der Waals surface area contributed by atoms with Crippen LogP contribution >= 0.6 is 0 Å². The fraction of sp³-hybridized carbons (Fsp3) is 0.562. The van der Waals surface area contributed by atoms with Gasteiger partial charge in [-0.25, -0.2) is 4.98 Å². The predicted molar refractivity (Wildman–Crippen MR) is 89.6 cm³/mol. The summed E-state index contributed by atoms with van der Waals surface area (Å²) in [6, 6.07) is 3.67. The van der Waals surface area contributed by atoms with E-state index >= 15 is 0 Å². The molecule has 7 nitrogen and oxygen atoms in total. The van der Waals surface area contributed by atoms with E-state index in [-0.39, 0.29) is 5.91 Å². The molecule has 1 aliphatic heterocycles. The third kappa shape index (κ3) is 5.21. The second kappa shape index (κ2) is 8.47. The minimum atomic E-state index is -0.138. The summed E-state index contributed by atoms with van der Waals surface area (Å²) in [7, 11) is 4.02. The zero-order valence-corrected chi connectivity index (χ0v) is 13.9. The number of amides is 2. The maximum Gasteiger partial charge on any atom is 0.269 e. The van der Waals surface area contributed by atoms with Gasteiger partial charge in [-0.1, -0.05) is 0 Å². The zero-order chi connectivity index (χ0) is 16.7. The standard InChI is InChI=1S/C16H25N5O2/c1-19(2)7-3-6-17-16(23)15-5-4-14(12-18-15)21-10-8-20(13-22)9-11-21/h4-5,12-13H,3,6-11H2,1-2H3,(H,17,23). The van der Waals surface area contributed by atoms with Crippen molar-refractivity contribution in [3.05, 3.63) is 24.0 Å². The molecule has 0 saturated carbocycles. The van der Waals surface area contributed by atoms with Gasteiger partial charge in [0.05, 0.1) is 11.9 Å². The van der Waals surface area contributed by atoms with Crippen molar-refractivity contribution in [2.24, 2.45) is 0 Å². The van der Waals surface area contributed by atoms with Crippen LogP contribution in [0.1, 0.15) is 16.9 Å². The lowest BCUT2D eigenvalue weighted by Crippen LogP contribution is -2.45. The molecule has 0 radical (unpaired) electrons. The highest BCUT2D eigenvalue weighted by Crippen LogP contribution is 2.15. The number of carbonyl (C=O) groups is 2. The average Bonchev–Trinajstić information content (AvgIpc) is 2.58. The second-order valence-corrected chi connectivity index (χ2v) is 5.94. The van der Waals surface area contributed by atoms with E-state index in [0.717, 1.165) is 51.2 Å². The lowest BCUT2D eigenvalue weighted by Gasteiger charge is -2.33. The highest BCUT2D eigenvalue weighted by atomic mass is 16.2. The van der Waals surface area contributed by atoms with Gasteiger partial charge in [-0.2, -0.15) is 0 Å². The minimum absolute atomic E-state index is 0.138. The van der Waals surface area contributed by atoms with Crippen molar-refractivity contribution in [2.45, 2.75) is 6.42 Å². The van der Waals surface area contributed by atoms with Gasteiger partial charge in [0.1, 0.15) is 5.69 Å². The van der Waals surface area contributed by atoms with Crippen molar-refractivity contribution >= 4 is 18.0 Å². The third-order valence-corrected chi connectivity index (χ3v) is 3.88. The SMILES string of the molecule is CN(C)CCCNC(=O)c1ccc(N2CCN(C=O)CC2)cn1. The molecule has 1 saturated heterocycles. The summed E-state index contributed by atoms with van der Waals surface area (Å²) in [6.07, 6.45) is 3.53. The van der Waals surface area contributed by atoms with Crippen LogP contribution in [0, 0.1) is 0 Å². The number of anilines is 1. The molecule has 2 rings (SSSR count). The lowest BCUT2D eigenvalue weighted by molar-refractivity contribution is -0.118. The Morgan fingerprint density at radius 1 is 1.30 bits per heavy atom. The Bertz CT molecular complexity index is 510.